The smallest absolute Gasteiger partial charge is 0.309 e. The molecule has 2 nitrogen and oxygen atoms in total. The van der Waals surface area contributed by atoms with Crippen LogP contribution in [0.25, 0.3) is 0 Å². The summed E-state index contributed by atoms with van der Waals surface area (Å²) in [6.07, 6.45) is -0.119. The fourth-order valence-corrected chi connectivity index (χ4v) is 1.52. The van der Waals surface area contributed by atoms with Crippen molar-refractivity contribution in [3.63, 3.8) is 0 Å². The van der Waals surface area contributed by atoms with Crippen LogP contribution in [0.15, 0.2) is 12.1 Å². The van der Waals surface area contributed by atoms with E-state index in [1.54, 1.807) is 0 Å². The Kier molecular flexibility index (Phi) is 3.53. The summed E-state index contributed by atoms with van der Waals surface area (Å²) in [5, 5.41) is 8.55. The van der Waals surface area contributed by atoms with Gasteiger partial charge in [0.1, 0.15) is 11.6 Å². The van der Waals surface area contributed by atoms with Crippen LogP contribution in [-0.2, 0) is 11.2 Å². The maximum Gasteiger partial charge on any atom is 0.309 e. The first-order chi connectivity index (χ1) is 7.24. The molecule has 0 atom stereocenters. The maximum atomic E-state index is 13.5. The van der Waals surface area contributed by atoms with E-state index in [1.807, 2.05) is 0 Å². The molecule has 1 rings (SSSR count). The van der Waals surface area contributed by atoms with Crippen LogP contribution in [0.4, 0.5) is 8.78 Å². The van der Waals surface area contributed by atoms with E-state index < -0.39 is 23.0 Å². The van der Waals surface area contributed by atoms with Crippen LogP contribution in [0.5, 0.6) is 0 Å². The Morgan fingerprint density at radius 1 is 1.44 bits per heavy atom. The quantitative estimate of drug-likeness (QED) is 0.834. The number of benzene rings is 1. The van der Waals surface area contributed by atoms with Gasteiger partial charge in [-0.3, -0.25) is 4.79 Å². The van der Waals surface area contributed by atoms with Crippen molar-refractivity contribution in [3.8, 4) is 0 Å². The molecule has 0 radical (unpaired) electrons. The minimum atomic E-state index is -1.17. The molecule has 0 aromatic heterocycles. The van der Waals surface area contributed by atoms with Gasteiger partial charge in [-0.2, -0.15) is 0 Å². The normalized spacial score (nSPS) is 11.6. The molecule has 0 aliphatic rings. The number of carboxylic acid groups (broad SMARTS) is 1. The van der Waals surface area contributed by atoms with Crippen LogP contribution in [0.3, 0.4) is 0 Å². The summed E-state index contributed by atoms with van der Waals surface area (Å²) in [5.74, 6) is -2.52. The fourth-order valence-electron chi connectivity index (χ4n) is 1.29. The topological polar surface area (TPSA) is 37.3 Å². The van der Waals surface area contributed by atoms with Gasteiger partial charge in [0, 0.05) is 0 Å². The molecule has 0 saturated carbocycles. The Labute approximate surface area is 96.8 Å². The lowest BCUT2D eigenvalue weighted by Crippen LogP contribution is -2.26. The van der Waals surface area contributed by atoms with E-state index in [1.165, 1.54) is 13.8 Å². The van der Waals surface area contributed by atoms with Gasteiger partial charge in [0.05, 0.1) is 10.4 Å². The fraction of sp³-hybridized carbons (Fsp3) is 0.364. The number of aliphatic carboxylic acids is 1. The maximum absolute atomic E-state index is 13.5. The van der Waals surface area contributed by atoms with E-state index in [0.717, 1.165) is 12.1 Å². The summed E-state index contributed by atoms with van der Waals surface area (Å²) >= 11 is 5.47. The molecule has 1 aromatic rings. The van der Waals surface area contributed by atoms with Gasteiger partial charge in [0.2, 0.25) is 0 Å². The molecule has 0 bridgehead atoms. The average Bonchev–Trinajstić information content (AvgIpc) is 2.12. The Morgan fingerprint density at radius 3 is 2.50 bits per heavy atom. The minimum absolute atomic E-state index is 0.0302. The summed E-state index contributed by atoms with van der Waals surface area (Å²) in [7, 11) is 0. The second kappa shape index (κ2) is 4.37. The van der Waals surface area contributed by atoms with Crippen LogP contribution in [0.1, 0.15) is 19.4 Å². The van der Waals surface area contributed by atoms with E-state index >= 15 is 0 Å². The highest BCUT2D eigenvalue weighted by atomic mass is 35.5. The third kappa shape index (κ3) is 2.70. The third-order valence-corrected chi connectivity index (χ3v) is 2.55. The second-order valence-corrected chi connectivity index (χ2v) is 4.63. The third-order valence-electron chi connectivity index (χ3n) is 2.28. The molecule has 0 aliphatic carbocycles. The predicted molar refractivity (Wildman–Crippen MR) is 56.5 cm³/mol. The average molecular weight is 249 g/mol. The van der Waals surface area contributed by atoms with Crippen molar-refractivity contribution in [1.29, 1.82) is 0 Å². The van der Waals surface area contributed by atoms with Crippen molar-refractivity contribution < 1.29 is 18.7 Å². The zero-order valence-corrected chi connectivity index (χ0v) is 9.61. The zero-order chi connectivity index (χ0) is 12.5. The predicted octanol–water partition coefficient (Wildman–Crippen LogP) is 3.27. The standard InChI is InChI=1S/C11H11ClF2O2/c1-11(2,10(15)16)5-6-3-7(13)4-8(12)9(6)14/h3-4H,5H2,1-2H3,(H,15,16). The summed E-state index contributed by atoms with van der Waals surface area (Å²) in [6, 6.07) is 1.82. The van der Waals surface area contributed by atoms with Crippen molar-refractivity contribution in [2.24, 2.45) is 5.41 Å². The Morgan fingerprint density at radius 2 is 2.00 bits per heavy atom. The molecule has 16 heavy (non-hydrogen) atoms. The van der Waals surface area contributed by atoms with E-state index in [9.17, 15) is 13.6 Å². The summed E-state index contributed by atoms with van der Waals surface area (Å²) < 4.78 is 26.5. The minimum Gasteiger partial charge on any atom is -0.481 e. The van der Waals surface area contributed by atoms with Gasteiger partial charge in [-0.15, -0.1) is 0 Å². The Hall–Kier alpha value is -1.16. The van der Waals surface area contributed by atoms with Crippen molar-refractivity contribution in [1.82, 2.24) is 0 Å². The molecule has 0 saturated heterocycles. The molecule has 0 aliphatic heterocycles. The molecule has 0 amide bonds. The largest absolute Gasteiger partial charge is 0.481 e. The molecule has 5 heteroatoms. The highest BCUT2D eigenvalue weighted by molar-refractivity contribution is 6.30. The van der Waals surface area contributed by atoms with Crippen LogP contribution in [0, 0.1) is 17.0 Å². The van der Waals surface area contributed by atoms with Crippen LogP contribution >= 0.6 is 11.6 Å². The number of carboxylic acids is 1. The summed E-state index contributed by atoms with van der Waals surface area (Å²) in [4.78, 5) is 10.9. The first-order valence-corrected chi connectivity index (χ1v) is 4.98. The van der Waals surface area contributed by atoms with Gasteiger partial charge in [-0.05, 0) is 38.0 Å². The highest BCUT2D eigenvalue weighted by Crippen LogP contribution is 2.27. The lowest BCUT2D eigenvalue weighted by atomic mass is 9.86. The van der Waals surface area contributed by atoms with Crippen molar-refractivity contribution >= 4 is 17.6 Å². The van der Waals surface area contributed by atoms with Gasteiger partial charge in [0.15, 0.2) is 0 Å². The number of rotatable bonds is 3. The summed E-state index contributed by atoms with van der Waals surface area (Å²) in [5.41, 5.74) is -1.20. The first-order valence-electron chi connectivity index (χ1n) is 4.61. The van der Waals surface area contributed by atoms with Crippen LogP contribution < -0.4 is 0 Å². The van der Waals surface area contributed by atoms with E-state index in [2.05, 4.69) is 0 Å². The van der Waals surface area contributed by atoms with Crippen LogP contribution in [-0.4, -0.2) is 11.1 Å². The first kappa shape index (κ1) is 12.9. The SMILES string of the molecule is CC(C)(Cc1cc(F)cc(Cl)c1F)C(=O)O. The number of carbonyl (C=O) groups is 1. The van der Waals surface area contributed by atoms with E-state index in [0.29, 0.717) is 0 Å². The Balaban J connectivity index is 3.11. The molecule has 0 unspecified atom stereocenters. The number of hydrogen-bond acceptors (Lipinski definition) is 1. The monoisotopic (exact) mass is 248 g/mol. The molecule has 1 aromatic carbocycles. The van der Waals surface area contributed by atoms with Gasteiger partial charge >= 0.3 is 5.97 Å². The lowest BCUT2D eigenvalue weighted by Gasteiger charge is -2.19. The van der Waals surface area contributed by atoms with Gasteiger partial charge in [-0.25, -0.2) is 8.78 Å². The molecule has 0 spiro atoms. The second-order valence-electron chi connectivity index (χ2n) is 4.23. The van der Waals surface area contributed by atoms with Gasteiger partial charge in [0.25, 0.3) is 0 Å². The molecule has 88 valence electrons. The molecule has 0 fully saturated rings. The molecular formula is C11H11ClF2O2. The Bertz CT molecular complexity index is 430. The van der Waals surface area contributed by atoms with Gasteiger partial charge < -0.3 is 5.11 Å². The van der Waals surface area contributed by atoms with Crippen molar-refractivity contribution in [2.75, 3.05) is 0 Å². The summed E-state index contributed by atoms with van der Waals surface area (Å²) in [6.45, 7) is 2.88. The van der Waals surface area contributed by atoms with Crippen LogP contribution in [0.2, 0.25) is 5.02 Å². The zero-order valence-electron chi connectivity index (χ0n) is 8.85. The molecule has 0 heterocycles. The number of halogens is 3. The van der Waals surface area contributed by atoms with Crippen molar-refractivity contribution in [2.45, 2.75) is 20.3 Å². The molecule has 1 N–H and O–H groups in total. The van der Waals surface area contributed by atoms with Crippen molar-refractivity contribution in [3.05, 3.63) is 34.4 Å². The van der Waals surface area contributed by atoms with E-state index in [-0.39, 0.29) is 17.0 Å². The lowest BCUT2D eigenvalue weighted by molar-refractivity contribution is -0.146. The van der Waals surface area contributed by atoms with Gasteiger partial charge in [-0.1, -0.05) is 11.6 Å². The molecular weight excluding hydrogens is 238 g/mol. The highest BCUT2D eigenvalue weighted by Gasteiger charge is 2.29. The number of hydrogen-bond donors (Lipinski definition) is 1. The van der Waals surface area contributed by atoms with E-state index in [4.69, 9.17) is 16.7 Å².